The van der Waals surface area contributed by atoms with Gasteiger partial charge in [0.2, 0.25) is 0 Å². The van der Waals surface area contributed by atoms with E-state index in [0.29, 0.717) is 43.6 Å². The molecule has 2 aromatic carbocycles. The second-order valence-electron chi connectivity index (χ2n) is 8.73. The normalized spacial score (nSPS) is 15.5. The molecule has 0 unspecified atom stereocenters. The Bertz CT molecular complexity index is 1500. The molecule has 0 spiro atoms. The number of hydrogen-bond acceptors (Lipinski definition) is 7. The number of rotatable bonds is 7. The molecular weight excluding hydrogens is 476 g/mol. The summed E-state index contributed by atoms with van der Waals surface area (Å²) in [5.74, 6) is 1.01. The van der Waals surface area contributed by atoms with Crippen LogP contribution in [0.4, 0.5) is 0 Å². The van der Waals surface area contributed by atoms with Crippen molar-refractivity contribution < 1.29 is 19.0 Å². The zero-order valence-electron chi connectivity index (χ0n) is 21.3. The summed E-state index contributed by atoms with van der Waals surface area (Å²) in [6.07, 6.45) is 1.86. The average Bonchev–Trinajstić information content (AvgIpc) is 3.17. The lowest BCUT2D eigenvalue weighted by atomic mass is 9.95. The molecule has 0 fully saturated rings. The van der Waals surface area contributed by atoms with Gasteiger partial charge in [0.05, 0.1) is 36.6 Å². The van der Waals surface area contributed by atoms with Crippen molar-refractivity contribution in [1.82, 2.24) is 4.57 Å². The summed E-state index contributed by atoms with van der Waals surface area (Å²) in [5, 5.41) is 0. The average molecular weight is 507 g/mol. The lowest BCUT2D eigenvalue weighted by molar-refractivity contribution is -0.139. The summed E-state index contributed by atoms with van der Waals surface area (Å²) in [5.41, 5.74) is 3.37. The smallest absolute Gasteiger partial charge is 0.338 e. The van der Waals surface area contributed by atoms with Gasteiger partial charge in [-0.15, -0.1) is 0 Å². The summed E-state index contributed by atoms with van der Waals surface area (Å²) in [7, 11) is 3.11. The lowest BCUT2D eigenvalue weighted by Crippen LogP contribution is -2.40. The summed E-state index contributed by atoms with van der Waals surface area (Å²) < 4.78 is 18.4. The lowest BCUT2D eigenvalue weighted by Gasteiger charge is -2.26. The molecule has 8 heteroatoms. The monoisotopic (exact) mass is 506 g/mol. The SMILES string of the molecule is CCOC(=O)C1=C(C)N=c2s/c(=C\c3ccc(C(C)C)cc3)c(=O)n2[C@H]1c1ccc(OC)cc1OC. The van der Waals surface area contributed by atoms with Crippen LogP contribution < -0.4 is 24.4 Å². The minimum atomic E-state index is -0.758. The van der Waals surface area contributed by atoms with Crippen LogP contribution in [-0.2, 0) is 9.53 Å². The van der Waals surface area contributed by atoms with Crippen LogP contribution in [0, 0.1) is 0 Å². The van der Waals surface area contributed by atoms with E-state index in [9.17, 15) is 9.59 Å². The second-order valence-corrected chi connectivity index (χ2v) is 9.74. The molecule has 7 nitrogen and oxygen atoms in total. The molecule has 0 amide bonds. The fourth-order valence-corrected chi connectivity index (χ4v) is 5.31. The van der Waals surface area contributed by atoms with Crippen molar-refractivity contribution in [3.05, 3.63) is 90.1 Å². The van der Waals surface area contributed by atoms with E-state index < -0.39 is 12.0 Å². The fourth-order valence-electron chi connectivity index (χ4n) is 4.26. The summed E-state index contributed by atoms with van der Waals surface area (Å²) >= 11 is 1.29. The molecule has 0 aliphatic carbocycles. The standard InChI is InChI=1S/C28H30N2O5S/c1-7-35-27(32)24-17(4)29-28-30(25(24)21-13-12-20(33-5)15-22(21)34-6)26(31)23(36-28)14-18-8-10-19(11-9-18)16(2)3/h8-16,25H,7H2,1-6H3/b23-14-/t25-/m0/s1. The third-order valence-electron chi connectivity index (χ3n) is 6.15. The van der Waals surface area contributed by atoms with E-state index in [0.717, 1.165) is 5.56 Å². The number of thiazole rings is 1. The van der Waals surface area contributed by atoms with Gasteiger partial charge in [0.15, 0.2) is 4.80 Å². The first-order valence-electron chi connectivity index (χ1n) is 11.8. The van der Waals surface area contributed by atoms with E-state index in [1.54, 1.807) is 44.8 Å². The van der Waals surface area contributed by atoms with Crippen molar-refractivity contribution in [3.63, 3.8) is 0 Å². The number of carbonyl (C=O) groups excluding carboxylic acids is 1. The van der Waals surface area contributed by atoms with E-state index in [-0.39, 0.29) is 12.2 Å². The zero-order valence-corrected chi connectivity index (χ0v) is 22.1. The number of methoxy groups -OCH3 is 2. The van der Waals surface area contributed by atoms with Crippen molar-refractivity contribution in [3.8, 4) is 11.5 Å². The molecule has 2 heterocycles. The molecular formula is C28H30N2O5S. The number of nitrogens with zero attached hydrogens (tertiary/aromatic N) is 2. The summed E-state index contributed by atoms with van der Waals surface area (Å²) in [6, 6.07) is 12.7. The Hall–Kier alpha value is -3.65. The van der Waals surface area contributed by atoms with Crippen molar-refractivity contribution in [2.45, 2.75) is 39.7 Å². The minimum absolute atomic E-state index is 0.207. The Labute approximate surface area is 214 Å². The highest BCUT2D eigenvalue weighted by Gasteiger charge is 2.35. The van der Waals surface area contributed by atoms with Crippen LogP contribution >= 0.6 is 11.3 Å². The molecule has 0 radical (unpaired) electrons. The van der Waals surface area contributed by atoms with E-state index in [2.05, 4.69) is 31.0 Å². The highest BCUT2D eigenvalue weighted by atomic mass is 32.1. The molecule has 36 heavy (non-hydrogen) atoms. The van der Waals surface area contributed by atoms with Gasteiger partial charge in [-0.05, 0) is 49.1 Å². The Morgan fingerprint density at radius 3 is 2.47 bits per heavy atom. The molecule has 3 aromatic rings. The maximum Gasteiger partial charge on any atom is 0.338 e. The number of fused-ring (bicyclic) bond motifs is 1. The second kappa shape index (κ2) is 10.5. The zero-order chi connectivity index (χ0) is 26.0. The van der Waals surface area contributed by atoms with Gasteiger partial charge in [-0.25, -0.2) is 9.79 Å². The summed E-state index contributed by atoms with van der Waals surface area (Å²) in [4.78, 5) is 32.0. The van der Waals surface area contributed by atoms with Crippen LogP contribution in [0.25, 0.3) is 6.08 Å². The summed E-state index contributed by atoms with van der Waals surface area (Å²) in [6.45, 7) is 8.00. The third kappa shape index (κ3) is 4.73. The van der Waals surface area contributed by atoms with Gasteiger partial charge >= 0.3 is 5.97 Å². The van der Waals surface area contributed by atoms with Gasteiger partial charge in [0.1, 0.15) is 17.5 Å². The van der Waals surface area contributed by atoms with Crippen LogP contribution in [-0.4, -0.2) is 31.4 Å². The molecule has 1 aromatic heterocycles. The molecule has 0 bridgehead atoms. The first-order chi connectivity index (χ1) is 17.3. The number of ether oxygens (including phenoxy) is 3. The number of esters is 1. The first-order valence-corrected chi connectivity index (χ1v) is 12.6. The maximum absolute atomic E-state index is 13.8. The molecule has 4 rings (SSSR count). The highest BCUT2D eigenvalue weighted by Crippen LogP contribution is 2.37. The number of aromatic nitrogens is 1. The molecule has 0 N–H and O–H groups in total. The van der Waals surface area contributed by atoms with Crippen LogP contribution in [0.3, 0.4) is 0 Å². The van der Waals surface area contributed by atoms with Crippen LogP contribution in [0.15, 0.2) is 63.5 Å². The third-order valence-corrected chi connectivity index (χ3v) is 7.14. The van der Waals surface area contributed by atoms with E-state index >= 15 is 0 Å². The van der Waals surface area contributed by atoms with Crippen molar-refractivity contribution in [2.75, 3.05) is 20.8 Å². The van der Waals surface area contributed by atoms with Gasteiger partial charge in [0, 0.05) is 11.6 Å². The number of benzene rings is 2. The van der Waals surface area contributed by atoms with Crippen molar-refractivity contribution in [2.24, 2.45) is 4.99 Å². The predicted octanol–water partition coefficient (Wildman–Crippen LogP) is 3.94. The Morgan fingerprint density at radius 1 is 1.14 bits per heavy atom. The minimum Gasteiger partial charge on any atom is -0.497 e. The number of hydrogen-bond donors (Lipinski definition) is 0. The van der Waals surface area contributed by atoms with Crippen LogP contribution in [0.1, 0.15) is 56.3 Å². The Balaban J connectivity index is 1.94. The van der Waals surface area contributed by atoms with Crippen molar-refractivity contribution >= 4 is 23.4 Å². The number of carbonyl (C=O) groups is 1. The highest BCUT2D eigenvalue weighted by molar-refractivity contribution is 7.07. The maximum atomic E-state index is 13.8. The molecule has 1 atom stereocenters. The molecule has 188 valence electrons. The van der Waals surface area contributed by atoms with E-state index in [4.69, 9.17) is 14.2 Å². The van der Waals surface area contributed by atoms with Gasteiger partial charge in [-0.2, -0.15) is 0 Å². The molecule has 1 aliphatic rings. The van der Waals surface area contributed by atoms with Crippen molar-refractivity contribution in [1.29, 1.82) is 0 Å². The molecule has 1 aliphatic heterocycles. The fraction of sp³-hybridized carbons (Fsp3) is 0.321. The Morgan fingerprint density at radius 2 is 1.86 bits per heavy atom. The molecule has 0 saturated carbocycles. The predicted molar refractivity (Wildman–Crippen MR) is 140 cm³/mol. The van der Waals surface area contributed by atoms with E-state index in [1.165, 1.54) is 16.9 Å². The van der Waals surface area contributed by atoms with Gasteiger partial charge in [0.25, 0.3) is 5.56 Å². The number of allylic oxidation sites excluding steroid dienone is 1. The Kier molecular flexibility index (Phi) is 7.45. The van der Waals surface area contributed by atoms with Gasteiger partial charge < -0.3 is 14.2 Å². The van der Waals surface area contributed by atoms with Gasteiger partial charge in [-0.3, -0.25) is 9.36 Å². The van der Waals surface area contributed by atoms with Crippen LogP contribution in [0.5, 0.6) is 11.5 Å². The van der Waals surface area contributed by atoms with Crippen LogP contribution in [0.2, 0.25) is 0 Å². The quantitative estimate of drug-likeness (QED) is 0.454. The van der Waals surface area contributed by atoms with E-state index in [1.807, 2.05) is 24.3 Å². The first kappa shape index (κ1) is 25.4. The largest absolute Gasteiger partial charge is 0.497 e. The molecule has 0 saturated heterocycles. The topological polar surface area (TPSA) is 79.1 Å². The van der Waals surface area contributed by atoms with Gasteiger partial charge in [-0.1, -0.05) is 49.4 Å².